The van der Waals surface area contributed by atoms with Gasteiger partial charge in [0.1, 0.15) is 22.7 Å². The molecule has 4 aromatic rings. The Morgan fingerprint density at radius 2 is 2.04 bits per heavy atom. The van der Waals surface area contributed by atoms with Crippen LogP contribution >= 0.6 is 34.7 Å². The minimum absolute atomic E-state index is 0.0497. The molecule has 0 aliphatic carbocycles. The number of methoxy groups -OCH3 is 1. The molecule has 49 heavy (non-hydrogen) atoms. The van der Waals surface area contributed by atoms with Crippen LogP contribution in [0.15, 0.2) is 37.9 Å². The van der Waals surface area contributed by atoms with Crippen molar-refractivity contribution in [3.63, 3.8) is 0 Å². The van der Waals surface area contributed by atoms with Crippen LogP contribution in [0, 0.1) is 17.1 Å². The van der Waals surface area contributed by atoms with Gasteiger partial charge in [-0.2, -0.15) is 10.2 Å². The van der Waals surface area contributed by atoms with E-state index in [0.717, 1.165) is 41.9 Å². The number of aliphatic imine (C=N–C) groups is 2. The molecular formula is C34H34ClFN8O3S2. The van der Waals surface area contributed by atoms with Crippen LogP contribution in [-0.2, 0) is 16.1 Å². The minimum Gasteiger partial charge on any atom is -0.389 e. The van der Waals surface area contributed by atoms with E-state index in [-0.39, 0.29) is 39.8 Å². The topological polar surface area (TPSA) is 142 Å². The van der Waals surface area contributed by atoms with E-state index in [1.54, 1.807) is 17.7 Å². The molecule has 3 aliphatic rings. The second-order valence-electron chi connectivity index (χ2n) is 12.4. The summed E-state index contributed by atoms with van der Waals surface area (Å²) in [6.07, 6.45) is 3.70. The van der Waals surface area contributed by atoms with Gasteiger partial charge in [0, 0.05) is 66.7 Å². The molecule has 2 fully saturated rings. The molecule has 0 radical (unpaired) electrons. The van der Waals surface area contributed by atoms with Gasteiger partial charge in [-0.05, 0) is 43.4 Å². The summed E-state index contributed by atoms with van der Waals surface area (Å²) in [5, 5.41) is 11.8. The van der Waals surface area contributed by atoms with Crippen LogP contribution in [0.2, 0.25) is 5.02 Å². The van der Waals surface area contributed by atoms with E-state index in [0.29, 0.717) is 83.2 Å². The van der Waals surface area contributed by atoms with Gasteiger partial charge in [-0.15, -0.1) is 23.1 Å². The number of nitrogens with zero attached hydrogens (tertiary/aromatic N) is 7. The number of carbonyl (C=O) groups excluding carboxylic acids is 1. The second-order valence-corrected chi connectivity index (χ2v) is 14.9. The number of fused-ring (bicyclic) bond motifs is 1. The van der Waals surface area contributed by atoms with Gasteiger partial charge in [-0.3, -0.25) is 9.36 Å². The van der Waals surface area contributed by atoms with Crippen LogP contribution in [0.3, 0.4) is 0 Å². The third-order valence-corrected chi connectivity index (χ3v) is 12.0. The van der Waals surface area contributed by atoms with Crippen molar-refractivity contribution < 1.29 is 13.9 Å². The van der Waals surface area contributed by atoms with Gasteiger partial charge in [0.05, 0.1) is 52.0 Å². The van der Waals surface area contributed by atoms with Crippen molar-refractivity contribution in [2.24, 2.45) is 9.98 Å². The lowest BCUT2D eigenvalue weighted by molar-refractivity contribution is -0.135. The molecule has 3 aliphatic heterocycles. The van der Waals surface area contributed by atoms with Crippen molar-refractivity contribution in [1.29, 1.82) is 5.26 Å². The molecule has 2 N–H and O–H groups in total. The Kier molecular flexibility index (Phi) is 9.64. The van der Waals surface area contributed by atoms with Crippen molar-refractivity contribution in [2.75, 3.05) is 56.3 Å². The van der Waals surface area contributed by atoms with Crippen LogP contribution in [0.5, 0.6) is 0 Å². The predicted molar refractivity (Wildman–Crippen MR) is 193 cm³/mol. The molecule has 2 saturated heterocycles. The van der Waals surface area contributed by atoms with Crippen LogP contribution < -0.4 is 16.3 Å². The molecule has 1 atom stereocenters. The number of anilines is 2. The van der Waals surface area contributed by atoms with E-state index in [2.05, 4.69) is 31.9 Å². The highest BCUT2D eigenvalue weighted by molar-refractivity contribution is 7.99. The van der Waals surface area contributed by atoms with Gasteiger partial charge in [0.2, 0.25) is 5.91 Å². The summed E-state index contributed by atoms with van der Waals surface area (Å²) in [5.74, 6) is 0.656. The lowest BCUT2D eigenvalue weighted by Gasteiger charge is -2.34. The minimum atomic E-state index is -0.478. The first-order valence-electron chi connectivity index (χ1n) is 16.3. The number of rotatable bonds is 7. The average molecular weight is 721 g/mol. The molecule has 15 heteroatoms. The third-order valence-electron chi connectivity index (χ3n) is 9.45. The van der Waals surface area contributed by atoms with Gasteiger partial charge in [-0.1, -0.05) is 17.7 Å². The normalized spacial score (nSPS) is 18.4. The Hall–Kier alpha value is -3.99. The number of benzene rings is 2. The van der Waals surface area contributed by atoms with Crippen LogP contribution in [0.1, 0.15) is 37.7 Å². The maximum absolute atomic E-state index is 15.1. The van der Waals surface area contributed by atoms with E-state index in [1.165, 1.54) is 17.8 Å². The highest BCUT2D eigenvalue weighted by Gasteiger charge is 2.34. The number of likely N-dealkylation sites (tertiary alicyclic amines) is 1. The lowest BCUT2D eigenvalue weighted by Crippen LogP contribution is -2.47. The van der Waals surface area contributed by atoms with Crippen LogP contribution in [0.25, 0.3) is 32.1 Å². The van der Waals surface area contributed by atoms with Crippen LogP contribution in [0.4, 0.5) is 15.2 Å². The Morgan fingerprint density at radius 1 is 1.22 bits per heavy atom. The first-order valence-corrected chi connectivity index (χ1v) is 18.4. The molecule has 1 amide bonds. The third kappa shape index (κ3) is 6.19. The lowest BCUT2D eigenvalue weighted by atomic mass is 9.97. The van der Waals surface area contributed by atoms with Gasteiger partial charge >= 0.3 is 5.69 Å². The number of thioether (sulfide) groups is 1. The first-order chi connectivity index (χ1) is 23.8. The monoisotopic (exact) mass is 720 g/mol. The fourth-order valence-corrected chi connectivity index (χ4v) is 9.71. The van der Waals surface area contributed by atoms with E-state index in [1.807, 2.05) is 11.0 Å². The average Bonchev–Trinajstić information content (AvgIpc) is 3.32. The Bertz CT molecular complexity index is 2130. The second kappa shape index (κ2) is 14.1. The number of halogens is 2. The fraction of sp³-hybridized carbons (Fsp3) is 0.441. The maximum atomic E-state index is 15.1. The molecule has 5 heterocycles. The zero-order valence-electron chi connectivity index (χ0n) is 26.9. The molecule has 11 nitrogen and oxygen atoms in total. The molecule has 0 bridgehead atoms. The van der Waals surface area contributed by atoms with Crippen molar-refractivity contribution >= 4 is 78.4 Å². The van der Waals surface area contributed by atoms with Gasteiger partial charge in [0.25, 0.3) is 0 Å². The molecule has 2 aromatic heterocycles. The van der Waals surface area contributed by atoms with Crippen LogP contribution in [-0.4, -0.2) is 84.1 Å². The summed E-state index contributed by atoms with van der Waals surface area (Å²) in [6, 6.07) is 9.56. The molecule has 254 valence electrons. The van der Waals surface area contributed by atoms with E-state index in [4.69, 9.17) is 22.1 Å². The van der Waals surface area contributed by atoms with Gasteiger partial charge < -0.3 is 20.3 Å². The number of nitriles is 1. The number of amides is 1. The van der Waals surface area contributed by atoms with E-state index < -0.39 is 11.5 Å². The number of ether oxygens (including phenoxy) is 1. The Balaban J connectivity index is 1.38. The summed E-state index contributed by atoms with van der Waals surface area (Å²) in [5.41, 5.74) is 7.80. The van der Waals surface area contributed by atoms with E-state index in [9.17, 15) is 14.9 Å². The molecular weight excluding hydrogens is 687 g/mol. The highest BCUT2D eigenvalue weighted by atomic mass is 35.5. The van der Waals surface area contributed by atoms with Gasteiger partial charge in [0.15, 0.2) is 0 Å². The molecule has 0 saturated carbocycles. The molecule has 2 aromatic carbocycles. The largest absolute Gasteiger partial charge is 0.389 e. The number of thiophene rings is 1. The number of carbonyl (C=O) groups is 1. The summed E-state index contributed by atoms with van der Waals surface area (Å²) >= 11 is 9.76. The zero-order valence-corrected chi connectivity index (χ0v) is 29.3. The highest BCUT2D eigenvalue weighted by Crippen LogP contribution is 2.50. The van der Waals surface area contributed by atoms with Crippen molar-refractivity contribution in [3.05, 3.63) is 45.1 Å². The fourth-order valence-electron chi connectivity index (χ4n) is 7.03. The summed E-state index contributed by atoms with van der Waals surface area (Å²) in [6.45, 7) is 3.15. The Labute approximate surface area is 295 Å². The maximum Gasteiger partial charge on any atom is 0.350 e. The summed E-state index contributed by atoms with van der Waals surface area (Å²) < 4.78 is 22.1. The Morgan fingerprint density at radius 3 is 2.80 bits per heavy atom. The van der Waals surface area contributed by atoms with Crippen molar-refractivity contribution in [1.82, 2.24) is 14.5 Å². The summed E-state index contributed by atoms with van der Waals surface area (Å²) in [7, 11) is 1.62. The van der Waals surface area contributed by atoms with E-state index >= 15 is 4.39 Å². The smallest absolute Gasteiger partial charge is 0.350 e. The van der Waals surface area contributed by atoms with Crippen molar-refractivity contribution in [2.45, 2.75) is 55.6 Å². The molecule has 7 rings (SSSR count). The molecule has 1 unspecified atom stereocenters. The number of aromatic nitrogens is 2. The zero-order chi connectivity index (χ0) is 34.2. The quantitative estimate of drug-likeness (QED) is 0.187. The number of nitrogens with two attached hydrogens (primary N) is 1. The predicted octanol–water partition coefficient (Wildman–Crippen LogP) is 5.80. The number of hydrogen-bond acceptors (Lipinski definition) is 11. The SMILES string of the molecule is COCCN=C=NC1CCN(c2nc(=O)n3c4c(c(-c5ccc(F)c6sc(N)c(C#N)c56)c(Cl)cc24)SCC(N2CCCCC2=O)C3)CC1. The molecule has 0 spiro atoms. The number of nitrogen functional groups attached to an aromatic ring is 1. The number of piperidine rings is 2. The number of hydrogen-bond donors (Lipinski definition) is 1. The first kappa shape index (κ1) is 33.5. The van der Waals surface area contributed by atoms with Gasteiger partial charge in [-0.25, -0.2) is 19.2 Å². The standard InChI is InChI=1S/C34H34ClFN8O3S2/c1-47-13-9-39-18-40-19-7-11-42(12-8-19)33-22-14-24(35)28(21-5-6-25(36)30-27(21)23(15-37)32(38)49-30)31-29(22)44(34(46)41-33)16-20(17-48-31)43-10-3-2-4-26(43)45/h5-6,14,19-20H,2-4,7-13,16-17,38H2,1H3. The summed E-state index contributed by atoms with van der Waals surface area (Å²) in [4.78, 5) is 45.2. The van der Waals surface area contributed by atoms with Crippen molar-refractivity contribution in [3.8, 4) is 17.2 Å².